The Morgan fingerprint density at radius 2 is 1.79 bits per heavy atom. The van der Waals surface area contributed by atoms with Crippen LogP contribution in [-0.4, -0.2) is 62.2 Å². The highest BCUT2D eigenvalue weighted by molar-refractivity contribution is 6.04. The van der Waals surface area contributed by atoms with Crippen molar-refractivity contribution < 1.29 is 28.2 Å². The number of amides is 1. The van der Waals surface area contributed by atoms with Gasteiger partial charge in [-0.15, -0.1) is 0 Å². The number of aliphatic hydroxyl groups excluding tert-OH is 2. The molecule has 6 N–H and O–H groups in total. The van der Waals surface area contributed by atoms with E-state index in [2.05, 4.69) is 36.3 Å². The molecular formula is C28H31F3N8O3. The molecule has 0 saturated heterocycles. The van der Waals surface area contributed by atoms with Crippen molar-refractivity contribution in [3.05, 3.63) is 82.8 Å². The molecule has 2 aromatic heterocycles. The maximum atomic E-state index is 13.6. The molecule has 0 saturated carbocycles. The number of aromatic nitrogens is 4. The lowest BCUT2D eigenvalue weighted by Crippen LogP contribution is -2.35. The molecule has 0 bridgehead atoms. The molecule has 0 aliphatic carbocycles. The van der Waals surface area contributed by atoms with Gasteiger partial charge in [-0.3, -0.25) is 4.79 Å². The molecule has 0 unspecified atom stereocenters. The predicted octanol–water partition coefficient (Wildman–Crippen LogP) is 3.78. The van der Waals surface area contributed by atoms with E-state index in [9.17, 15) is 28.2 Å². The van der Waals surface area contributed by atoms with Crippen molar-refractivity contribution in [2.45, 2.75) is 32.6 Å². The molecule has 0 atom stereocenters. The number of alkyl halides is 3. The number of nitrogens with one attached hydrogen (secondary N) is 4. The number of carbonyl (C=O) groups is 1. The number of aliphatic hydroxyl groups is 2. The lowest BCUT2D eigenvalue weighted by Gasteiger charge is -2.16. The van der Waals surface area contributed by atoms with Crippen LogP contribution in [0.2, 0.25) is 0 Å². The second kappa shape index (κ2) is 13.0. The first kappa shape index (κ1) is 30.4. The van der Waals surface area contributed by atoms with Gasteiger partial charge in [-0.25, -0.2) is 9.97 Å². The zero-order valence-electron chi connectivity index (χ0n) is 23.1. The first-order valence-corrected chi connectivity index (χ1v) is 12.9. The summed E-state index contributed by atoms with van der Waals surface area (Å²) >= 11 is 0. The first-order chi connectivity index (χ1) is 20.0. The predicted molar refractivity (Wildman–Crippen MR) is 152 cm³/mol. The SMILES string of the molecule is CNc1cc(-n2nc(C)cc2Nc2cc(NC(=O)c3cc(CNC(CO)CO)cc(C(F)(F)F)c3)ccc2C)ncn1. The summed E-state index contributed by atoms with van der Waals surface area (Å²) in [5.41, 5.74) is 1.53. The number of carbonyl (C=O) groups excluding carboxylic acids is 1. The van der Waals surface area contributed by atoms with Gasteiger partial charge in [0.15, 0.2) is 5.82 Å². The third kappa shape index (κ3) is 7.40. The number of benzene rings is 2. The quantitative estimate of drug-likeness (QED) is 0.155. The van der Waals surface area contributed by atoms with E-state index in [0.29, 0.717) is 28.8 Å². The highest BCUT2D eigenvalue weighted by Crippen LogP contribution is 2.31. The van der Waals surface area contributed by atoms with E-state index in [4.69, 9.17) is 0 Å². The molecule has 0 aliphatic heterocycles. The smallest absolute Gasteiger partial charge is 0.395 e. The van der Waals surface area contributed by atoms with Gasteiger partial charge < -0.3 is 31.5 Å². The van der Waals surface area contributed by atoms with Crippen LogP contribution >= 0.6 is 0 Å². The minimum Gasteiger partial charge on any atom is -0.395 e. The zero-order chi connectivity index (χ0) is 30.4. The number of aryl methyl sites for hydroxylation is 2. The third-order valence-electron chi connectivity index (χ3n) is 6.33. The van der Waals surface area contributed by atoms with Crippen molar-refractivity contribution in [1.82, 2.24) is 25.1 Å². The van der Waals surface area contributed by atoms with Crippen LogP contribution < -0.4 is 21.3 Å². The lowest BCUT2D eigenvalue weighted by molar-refractivity contribution is -0.137. The number of halogens is 3. The highest BCUT2D eigenvalue weighted by atomic mass is 19.4. The summed E-state index contributed by atoms with van der Waals surface area (Å²) in [6, 6.07) is 11.0. The second-order valence-electron chi connectivity index (χ2n) is 9.56. The Morgan fingerprint density at radius 1 is 1.02 bits per heavy atom. The van der Waals surface area contributed by atoms with Crippen molar-refractivity contribution in [2.24, 2.45) is 0 Å². The Kier molecular flexibility index (Phi) is 9.40. The number of hydrogen-bond acceptors (Lipinski definition) is 9. The summed E-state index contributed by atoms with van der Waals surface area (Å²) in [6.45, 7) is 2.80. The molecule has 1 amide bonds. The fourth-order valence-electron chi connectivity index (χ4n) is 4.08. The summed E-state index contributed by atoms with van der Waals surface area (Å²) in [7, 11) is 1.74. The Bertz CT molecular complexity index is 1550. The zero-order valence-corrected chi connectivity index (χ0v) is 23.1. The van der Waals surface area contributed by atoms with Gasteiger partial charge in [-0.2, -0.15) is 23.0 Å². The largest absolute Gasteiger partial charge is 0.416 e. The Hall–Kier alpha value is -4.53. The monoisotopic (exact) mass is 584 g/mol. The lowest BCUT2D eigenvalue weighted by atomic mass is 10.0. The number of anilines is 4. The van der Waals surface area contributed by atoms with Gasteiger partial charge in [0.05, 0.1) is 30.5 Å². The van der Waals surface area contributed by atoms with E-state index in [1.165, 1.54) is 12.4 Å². The van der Waals surface area contributed by atoms with Gasteiger partial charge in [0, 0.05) is 42.7 Å². The van der Waals surface area contributed by atoms with Crippen LogP contribution in [0.1, 0.15) is 32.7 Å². The molecule has 0 fully saturated rings. The van der Waals surface area contributed by atoms with Crippen LogP contribution in [0.15, 0.2) is 54.9 Å². The number of nitrogens with zero attached hydrogens (tertiary/aromatic N) is 4. The van der Waals surface area contributed by atoms with Gasteiger partial charge in [0.2, 0.25) is 0 Å². The van der Waals surface area contributed by atoms with Crippen molar-refractivity contribution in [1.29, 1.82) is 0 Å². The number of hydrogen-bond donors (Lipinski definition) is 6. The van der Waals surface area contributed by atoms with Crippen molar-refractivity contribution in [3.8, 4) is 5.82 Å². The molecule has 14 heteroatoms. The molecule has 222 valence electrons. The van der Waals surface area contributed by atoms with Gasteiger partial charge in [0.1, 0.15) is 18.0 Å². The van der Waals surface area contributed by atoms with Gasteiger partial charge in [-0.05, 0) is 55.3 Å². The fraction of sp³-hybridized carbons (Fsp3) is 0.286. The van der Waals surface area contributed by atoms with Gasteiger partial charge in [0.25, 0.3) is 5.91 Å². The maximum Gasteiger partial charge on any atom is 0.416 e. The third-order valence-corrected chi connectivity index (χ3v) is 6.33. The van der Waals surface area contributed by atoms with Gasteiger partial charge >= 0.3 is 6.18 Å². The molecule has 0 radical (unpaired) electrons. The van der Waals surface area contributed by atoms with Crippen molar-refractivity contribution in [2.75, 3.05) is 36.2 Å². The topological polar surface area (TPSA) is 149 Å². The fourth-order valence-corrected chi connectivity index (χ4v) is 4.08. The number of rotatable bonds is 11. The normalized spacial score (nSPS) is 11.5. The summed E-state index contributed by atoms with van der Waals surface area (Å²) in [4.78, 5) is 21.5. The second-order valence-corrected chi connectivity index (χ2v) is 9.56. The van der Waals surface area contributed by atoms with Crippen LogP contribution in [-0.2, 0) is 12.7 Å². The minimum atomic E-state index is -4.68. The van der Waals surface area contributed by atoms with Crippen LogP contribution in [0.4, 0.5) is 36.2 Å². The molecule has 11 nitrogen and oxygen atoms in total. The van der Waals surface area contributed by atoms with E-state index in [0.717, 1.165) is 23.4 Å². The Balaban J connectivity index is 1.59. The highest BCUT2D eigenvalue weighted by Gasteiger charge is 2.32. The van der Waals surface area contributed by atoms with Crippen molar-refractivity contribution in [3.63, 3.8) is 0 Å². The van der Waals surface area contributed by atoms with Crippen LogP contribution in [0.3, 0.4) is 0 Å². The summed E-state index contributed by atoms with van der Waals surface area (Å²) < 4.78 is 42.5. The van der Waals surface area contributed by atoms with E-state index in [-0.39, 0.29) is 17.7 Å². The Morgan fingerprint density at radius 3 is 2.48 bits per heavy atom. The molecule has 2 heterocycles. The summed E-state index contributed by atoms with van der Waals surface area (Å²) in [6.07, 6.45) is -3.27. The molecule has 4 aromatic rings. The molecular weight excluding hydrogens is 553 g/mol. The molecule has 42 heavy (non-hydrogen) atoms. The van der Waals surface area contributed by atoms with Crippen LogP contribution in [0, 0.1) is 13.8 Å². The standard InChI is InChI=1S/C28H31F3N8O3/c1-16-4-5-21(10-23(16)37-26-6-17(2)38-39(26)25-11-24(32-3)34-15-35-25)36-27(42)19-7-18(12-33-22(13-40)14-41)8-20(9-19)28(29,30)31/h4-11,15,22,33,37,40-41H,12-14H2,1-3H3,(H,36,42)(H,32,34,35). The van der Waals surface area contributed by atoms with E-state index >= 15 is 0 Å². The average Bonchev–Trinajstić information content (AvgIpc) is 3.34. The van der Waals surface area contributed by atoms with E-state index in [1.54, 1.807) is 36.0 Å². The molecule has 4 rings (SSSR count). The molecule has 2 aromatic carbocycles. The summed E-state index contributed by atoms with van der Waals surface area (Å²) in [5, 5.41) is 34.7. The minimum absolute atomic E-state index is 0.0934. The van der Waals surface area contributed by atoms with Gasteiger partial charge in [-0.1, -0.05) is 6.07 Å². The Labute approximate surface area is 239 Å². The summed E-state index contributed by atoms with van der Waals surface area (Å²) in [5.74, 6) is 0.986. The van der Waals surface area contributed by atoms with Crippen LogP contribution in [0.5, 0.6) is 0 Å². The maximum absolute atomic E-state index is 13.6. The molecule has 0 spiro atoms. The average molecular weight is 585 g/mol. The van der Waals surface area contributed by atoms with E-state index in [1.807, 2.05) is 19.9 Å². The van der Waals surface area contributed by atoms with Crippen molar-refractivity contribution >= 4 is 28.9 Å². The van der Waals surface area contributed by atoms with E-state index < -0.39 is 36.9 Å². The van der Waals surface area contributed by atoms with Crippen LogP contribution in [0.25, 0.3) is 5.82 Å². The molecule has 0 aliphatic rings. The first-order valence-electron chi connectivity index (χ1n) is 12.9.